The highest BCUT2D eigenvalue weighted by Gasteiger charge is 2.41. The summed E-state index contributed by atoms with van der Waals surface area (Å²) in [4.78, 5) is 171. The van der Waals surface area contributed by atoms with Gasteiger partial charge in [-0.3, -0.25) is 28.8 Å². The molecule has 0 spiro atoms. The average molecular weight is 1640 g/mol. The molecule has 6 amide bonds. The predicted molar refractivity (Wildman–Crippen MR) is 448 cm³/mol. The molecule has 6 aromatic rings. The van der Waals surface area contributed by atoms with Crippen molar-refractivity contribution in [3.05, 3.63) is 173 Å². The summed E-state index contributed by atoms with van der Waals surface area (Å²) < 4.78 is 41.4. The van der Waals surface area contributed by atoms with Crippen LogP contribution in [-0.2, 0) is 129 Å². The maximum absolute atomic E-state index is 15.3. The van der Waals surface area contributed by atoms with Gasteiger partial charge >= 0.3 is 35.8 Å². The summed E-state index contributed by atoms with van der Waals surface area (Å²) in [5.41, 5.74) is 5.69. The van der Waals surface area contributed by atoms with Crippen LogP contribution in [0.25, 0.3) is 0 Å². The quantitative estimate of drug-likeness (QED) is 0.0489. The van der Waals surface area contributed by atoms with E-state index in [0.29, 0.717) is 66.8 Å². The number of fused-ring (bicyclic) bond motifs is 12. The Morgan fingerprint density at radius 1 is 0.217 bits per heavy atom. The van der Waals surface area contributed by atoms with Crippen LogP contribution in [0, 0.1) is 0 Å². The molecule has 6 saturated heterocycles. The molecule has 13 rings (SSSR count). The Bertz CT molecular complexity index is 4280. The van der Waals surface area contributed by atoms with Crippen molar-refractivity contribution in [2.24, 2.45) is 0 Å². The molecule has 6 fully saturated rings. The number of esters is 6. The van der Waals surface area contributed by atoms with Crippen LogP contribution < -0.4 is 60.3 Å². The lowest BCUT2D eigenvalue weighted by Crippen LogP contribution is -2.37. The topological polar surface area (TPSA) is 332 Å². The largest absolute Gasteiger partial charge is 0.424 e. The molecule has 6 aromatic carbocycles. The molecule has 120 heavy (non-hydrogen) atoms. The van der Waals surface area contributed by atoms with Crippen LogP contribution in [0.4, 0.5) is 0 Å². The molecule has 636 valence electrons. The maximum Gasteiger partial charge on any atom is 0.334 e. The molecule has 0 radical (unpaired) electrons. The van der Waals surface area contributed by atoms with Crippen LogP contribution >= 0.6 is 0 Å². The molecule has 0 saturated carbocycles. The van der Waals surface area contributed by atoms with Gasteiger partial charge in [0.1, 0.15) is 70.7 Å². The van der Waals surface area contributed by atoms with E-state index < -0.39 is 105 Å². The first kappa shape index (κ1) is 86.8. The van der Waals surface area contributed by atoms with Crippen LogP contribution in [0.5, 0.6) is 34.5 Å². The van der Waals surface area contributed by atoms with Gasteiger partial charge in [-0.1, -0.05) is 197 Å². The number of amides is 6. The number of carbonyl (C=O) groups is 12. The second-order valence-electron chi connectivity index (χ2n) is 39.8. The fourth-order valence-electron chi connectivity index (χ4n) is 16.5. The molecule has 6 N–H and O–H groups in total. The van der Waals surface area contributed by atoms with Crippen molar-refractivity contribution in [1.82, 2.24) is 31.9 Å². The summed E-state index contributed by atoms with van der Waals surface area (Å²) in [6.45, 7) is 36.7. The van der Waals surface area contributed by atoms with Crippen LogP contribution in [0.15, 0.2) is 72.8 Å². The van der Waals surface area contributed by atoms with E-state index in [9.17, 15) is 28.8 Å². The predicted octanol–water partition coefficient (Wildman–Crippen LogP) is 12.4. The van der Waals surface area contributed by atoms with E-state index >= 15 is 28.8 Å². The number of benzene rings is 6. The first-order valence-corrected chi connectivity index (χ1v) is 42.1. The Hall–Kier alpha value is -11.0. The van der Waals surface area contributed by atoms with Gasteiger partial charge in [0, 0.05) is 144 Å². The molecular weight excluding hydrogens is 1530 g/mol. The smallest absolute Gasteiger partial charge is 0.334 e. The molecule has 6 atom stereocenters. The number of hydrogen-bond acceptors (Lipinski definition) is 18. The fraction of sp³-hybridized carbons (Fsp3) is 0.500. The number of ether oxygens (including phenoxy) is 6. The Morgan fingerprint density at radius 2 is 0.325 bits per heavy atom. The van der Waals surface area contributed by atoms with E-state index in [-0.39, 0.29) is 186 Å². The second-order valence-corrected chi connectivity index (χ2v) is 39.8. The lowest BCUT2D eigenvalue weighted by atomic mass is 9.79. The first-order valence-electron chi connectivity index (χ1n) is 42.1. The first-order chi connectivity index (χ1) is 56.1. The van der Waals surface area contributed by atoms with Gasteiger partial charge in [0.15, 0.2) is 0 Å². The molecule has 0 aromatic heterocycles. The van der Waals surface area contributed by atoms with Gasteiger partial charge in [-0.2, -0.15) is 0 Å². The van der Waals surface area contributed by atoms with Gasteiger partial charge < -0.3 is 60.3 Å². The average Bonchev–Trinajstić information content (AvgIpc) is 1.21. The van der Waals surface area contributed by atoms with Crippen molar-refractivity contribution in [3.63, 3.8) is 0 Å². The lowest BCUT2D eigenvalue weighted by molar-refractivity contribution is -0.138. The Balaban J connectivity index is 1.19. The number of nitrogens with one attached hydrogen (secondary N) is 6. The van der Waals surface area contributed by atoms with Gasteiger partial charge in [-0.15, -0.1) is 0 Å². The summed E-state index contributed by atoms with van der Waals surface area (Å²) in [6, 6.07) is 17.0. The van der Waals surface area contributed by atoms with Gasteiger partial charge in [0.2, 0.25) is 35.4 Å². The van der Waals surface area contributed by atoms with E-state index in [4.69, 9.17) is 28.4 Å². The molecule has 7 aliphatic rings. The number of rotatable bonds is 12. The van der Waals surface area contributed by atoms with Crippen molar-refractivity contribution in [1.29, 1.82) is 0 Å². The number of hydrogen-bond donors (Lipinski definition) is 6. The van der Waals surface area contributed by atoms with Gasteiger partial charge in [-0.05, 0) is 104 Å². The second kappa shape index (κ2) is 33.2. The normalized spacial score (nSPS) is 20.4. The van der Waals surface area contributed by atoms with Gasteiger partial charge in [-0.25, -0.2) is 28.8 Å². The Morgan fingerprint density at radius 3 is 0.408 bits per heavy atom. The van der Waals surface area contributed by atoms with Crippen molar-refractivity contribution in [3.8, 4) is 34.5 Å². The SMILES string of the molecule is CC(C)(C)c1cc2c(OC(=O)C3CCC(=O)N3)c(c1)Cc1cc(C(C)(C)C)cc(c1OC(=O)C1CCC(=O)N1)Cc1cc(C(C)(C)C)cc(c1OC(=O)C1CCC(=O)N1)Cc1cc(C(C)(C)C)cc(c1OC(=O)C1CCC(=O)N1)Cc1cc(C(C)(C)C)cc(c1OC(=O)C1CCC(=O)N1)Cc1cc(C(C)(C)C)cc(c1OC(=O)C1CCC(=O)N1)C2. The standard InChI is InChI=1S/C96H114N6O18/c1-91(2,3)61-37-49-31-51-39-62(92(4,5)6)41-53(80(51)116-86(110)68-20-26-74(104)98-68)33-55-43-64(94(10,11)12)45-57(82(55)118-88(112)70-22-28-76(106)100-70)35-59-47-66(96(16,17)18)48-60(84(59)120-90(114)72-24-30-78(108)102-72)36-58-46-65(95(13,14)15)44-56(83(58)119-89(113)71-23-29-77(107)101-71)34-54-42-63(93(7,8)9)40-52(81(54)117-87(111)69-21-27-75(105)99-69)32-50(38-61)79(49)115-85(109)67-19-25-73(103)97-67/h37-48,67-72H,19-36H2,1-18H3,(H,97,103)(H,98,104)(H,99,105)(H,100,106)(H,101,107)(H,102,108). The van der Waals surface area contributed by atoms with E-state index in [1.807, 2.05) is 197 Å². The third kappa shape index (κ3) is 19.7. The van der Waals surface area contributed by atoms with Crippen molar-refractivity contribution in [2.45, 2.75) is 309 Å². The molecule has 12 bridgehead atoms. The minimum absolute atomic E-state index is 0.0552. The van der Waals surface area contributed by atoms with E-state index in [1.165, 1.54) is 0 Å². The number of carbonyl (C=O) groups excluding carboxylic acids is 12. The summed E-state index contributed by atoms with van der Waals surface area (Å²) >= 11 is 0. The van der Waals surface area contributed by atoms with Crippen molar-refractivity contribution >= 4 is 71.3 Å². The third-order valence-corrected chi connectivity index (χ3v) is 23.8. The third-order valence-electron chi connectivity index (χ3n) is 23.8. The Labute approximate surface area is 701 Å². The highest BCUT2D eigenvalue weighted by Crippen LogP contribution is 2.48. The Kier molecular flexibility index (Phi) is 24.0. The summed E-state index contributed by atoms with van der Waals surface area (Å²) in [6.07, 6.45) is 0.321. The lowest BCUT2D eigenvalue weighted by Gasteiger charge is -2.29. The molecular formula is C96H114N6O18. The molecule has 24 heteroatoms. The zero-order chi connectivity index (χ0) is 86.9. The highest BCUT2D eigenvalue weighted by molar-refractivity contribution is 5.94. The summed E-state index contributed by atoms with van der Waals surface area (Å²) in [5.74, 6) is -6.19. The highest BCUT2D eigenvalue weighted by atomic mass is 16.6. The molecule has 6 aliphatic heterocycles. The van der Waals surface area contributed by atoms with Crippen LogP contribution in [0.1, 0.15) is 302 Å². The molecule has 6 unspecified atom stereocenters. The van der Waals surface area contributed by atoms with Gasteiger partial charge in [0.05, 0.1) is 0 Å². The minimum atomic E-state index is -1.07. The van der Waals surface area contributed by atoms with Gasteiger partial charge in [0.25, 0.3) is 0 Å². The van der Waals surface area contributed by atoms with Crippen LogP contribution in [0.3, 0.4) is 0 Å². The van der Waals surface area contributed by atoms with Crippen LogP contribution in [0.2, 0.25) is 0 Å². The monoisotopic (exact) mass is 1640 g/mol. The fourth-order valence-corrected chi connectivity index (χ4v) is 16.5. The molecule has 6 heterocycles. The minimum Gasteiger partial charge on any atom is -0.424 e. The van der Waals surface area contributed by atoms with E-state index in [2.05, 4.69) is 31.9 Å². The maximum atomic E-state index is 15.3. The van der Waals surface area contributed by atoms with Crippen molar-refractivity contribution < 1.29 is 86.0 Å². The molecule has 1 aliphatic carbocycles. The zero-order valence-electron chi connectivity index (χ0n) is 72.5. The summed E-state index contributed by atoms with van der Waals surface area (Å²) in [7, 11) is 0. The van der Waals surface area contributed by atoms with Crippen molar-refractivity contribution in [2.75, 3.05) is 0 Å². The zero-order valence-corrected chi connectivity index (χ0v) is 72.5. The van der Waals surface area contributed by atoms with Crippen LogP contribution in [-0.4, -0.2) is 108 Å². The van der Waals surface area contributed by atoms with E-state index in [1.54, 1.807) is 0 Å². The summed E-state index contributed by atoms with van der Waals surface area (Å²) in [5, 5.41) is 16.8. The van der Waals surface area contributed by atoms with E-state index in [0.717, 1.165) is 33.4 Å². The molecule has 24 nitrogen and oxygen atoms in total.